The van der Waals surface area contributed by atoms with Crippen LogP contribution in [0.4, 0.5) is 0 Å². The molecular formula is C32H34N6O. The molecule has 6 rings (SSSR count). The van der Waals surface area contributed by atoms with Crippen LogP contribution in [0.25, 0.3) is 11.2 Å². The van der Waals surface area contributed by atoms with Gasteiger partial charge >= 0.3 is 0 Å². The van der Waals surface area contributed by atoms with Crippen LogP contribution in [-0.2, 0) is 13.0 Å². The summed E-state index contributed by atoms with van der Waals surface area (Å²) >= 11 is 0. The Kier molecular flexibility index (Phi) is 7.72. The number of piperazine rings is 1. The van der Waals surface area contributed by atoms with Crippen molar-refractivity contribution in [2.24, 2.45) is 0 Å². The predicted molar refractivity (Wildman–Crippen MR) is 153 cm³/mol. The standard InChI is InChI=1S/C32H34N6O/c39-28(22-38-24-35-30-29(33-23-34-32(30)38)20-25-10-4-1-5-11-25)21-36-16-18-37(19-17-36)31(26-12-6-2-7-13-26)27-14-8-3-9-15-27/h1-15,23-24,28,31,39H,16-22H2. The topological polar surface area (TPSA) is 70.3 Å². The zero-order valence-corrected chi connectivity index (χ0v) is 22.0. The number of aliphatic hydroxyl groups excluding tert-OH is 1. The van der Waals surface area contributed by atoms with Crippen molar-refractivity contribution < 1.29 is 5.11 Å². The Hall–Kier alpha value is -3.91. The second kappa shape index (κ2) is 11.9. The van der Waals surface area contributed by atoms with Crippen molar-refractivity contribution in [2.75, 3.05) is 32.7 Å². The first-order chi connectivity index (χ1) is 19.2. The molecule has 0 radical (unpaired) electrons. The Morgan fingerprint density at radius 2 is 1.31 bits per heavy atom. The number of fused-ring (bicyclic) bond motifs is 1. The molecule has 0 bridgehead atoms. The first-order valence-electron chi connectivity index (χ1n) is 13.7. The van der Waals surface area contributed by atoms with Gasteiger partial charge in [0, 0.05) is 39.1 Å². The van der Waals surface area contributed by atoms with Gasteiger partial charge < -0.3 is 9.67 Å². The predicted octanol–water partition coefficient (Wildman–Crippen LogP) is 4.19. The van der Waals surface area contributed by atoms with E-state index in [1.807, 2.05) is 22.8 Å². The molecule has 1 aliphatic rings. The molecule has 0 amide bonds. The zero-order chi connectivity index (χ0) is 26.4. The highest BCUT2D eigenvalue weighted by Gasteiger charge is 2.27. The molecule has 1 unspecified atom stereocenters. The minimum Gasteiger partial charge on any atom is -0.390 e. The van der Waals surface area contributed by atoms with E-state index in [1.54, 1.807) is 12.7 Å². The molecule has 5 aromatic rings. The van der Waals surface area contributed by atoms with Gasteiger partial charge in [0.15, 0.2) is 5.65 Å². The van der Waals surface area contributed by atoms with Gasteiger partial charge in [-0.1, -0.05) is 91.0 Å². The Labute approximate surface area is 229 Å². The van der Waals surface area contributed by atoms with Gasteiger partial charge in [-0.05, 0) is 16.7 Å². The van der Waals surface area contributed by atoms with Crippen molar-refractivity contribution in [1.82, 2.24) is 29.3 Å². The highest BCUT2D eigenvalue weighted by Crippen LogP contribution is 2.29. The van der Waals surface area contributed by atoms with E-state index in [-0.39, 0.29) is 6.04 Å². The van der Waals surface area contributed by atoms with Crippen molar-refractivity contribution in [3.05, 3.63) is 126 Å². The largest absolute Gasteiger partial charge is 0.390 e. The van der Waals surface area contributed by atoms with Gasteiger partial charge in [-0.25, -0.2) is 15.0 Å². The summed E-state index contributed by atoms with van der Waals surface area (Å²) in [5, 5.41) is 11.0. The first kappa shape index (κ1) is 25.4. The number of rotatable bonds is 9. The van der Waals surface area contributed by atoms with Gasteiger partial charge in [-0.15, -0.1) is 0 Å². The van der Waals surface area contributed by atoms with Crippen LogP contribution >= 0.6 is 0 Å². The van der Waals surface area contributed by atoms with Gasteiger partial charge in [-0.3, -0.25) is 9.80 Å². The van der Waals surface area contributed by atoms with Crippen LogP contribution in [0, 0.1) is 0 Å². The SMILES string of the molecule is OC(CN1CCN(C(c2ccccc2)c2ccccc2)CC1)Cn1cnc2c(Cc3ccccc3)ncnc21. The smallest absolute Gasteiger partial charge is 0.163 e. The monoisotopic (exact) mass is 518 g/mol. The lowest BCUT2D eigenvalue weighted by Gasteiger charge is -2.40. The fraction of sp³-hybridized carbons (Fsp3) is 0.281. The van der Waals surface area contributed by atoms with E-state index in [4.69, 9.17) is 0 Å². The molecule has 1 aliphatic heterocycles. The Morgan fingerprint density at radius 3 is 1.95 bits per heavy atom. The summed E-state index contributed by atoms with van der Waals surface area (Å²) in [4.78, 5) is 18.5. The van der Waals surface area contributed by atoms with Crippen molar-refractivity contribution in [3.63, 3.8) is 0 Å². The molecule has 1 atom stereocenters. The lowest BCUT2D eigenvalue weighted by atomic mass is 9.96. The molecule has 0 spiro atoms. The number of hydrogen-bond donors (Lipinski definition) is 1. The Bertz CT molecular complexity index is 1430. The number of nitrogens with zero attached hydrogens (tertiary/aromatic N) is 6. The third kappa shape index (κ3) is 5.91. The summed E-state index contributed by atoms with van der Waals surface area (Å²) in [6.45, 7) is 4.81. The fourth-order valence-corrected chi connectivity index (χ4v) is 5.65. The highest BCUT2D eigenvalue weighted by molar-refractivity contribution is 5.73. The van der Waals surface area contributed by atoms with E-state index in [2.05, 4.69) is 97.5 Å². The second-order valence-electron chi connectivity index (χ2n) is 10.3. The molecule has 3 heterocycles. The van der Waals surface area contributed by atoms with Crippen LogP contribution in [-0.4, -0.2) is 73.3 Å². The molecule has 0 saturated carbocycles. The Morgan fingerprint density at radius 1 is 0.692 bits per heavy atom. The molecule has 1 N–H and O–H groups in total. The van der Waals surface area contributed by atoms with Crippen LogP contribution in [0.1, 0.15) is 28.4 Å². The summed E-state index contributed by atoms with van der Waals surface area (Å²) < 4.78 is 1.95. The summed E-state index contributed by atoms with van der Waals surface area (Å²) in [6.07, 6.45) is 3.57. The first-order valence-corrected chi connectivity index (χ1v) is 13.7. The van der Waals surface area contributed by atoms with Crippen LogP contribution < -0.4 is 0 Å². The van der Waals surface area contributed by atoms with Crippen LogP contribution in [0.2, 0.25) is 0 Å². The van der Waals surface area contributed by atoms with Gasteiger partial charge in [0.05, 0.1) is 30.7 Å². The van der Waals surface area contributed by atoms with Crippen LogP contribution in [0.3, 0.4) is 0 Å². The summed E-state index contributed by atoms with van der Waals surface area (Å²) in [6, 6.07) is 32.0. The summed E-state index contributed by atoms with van der Waals surface area (Å²) in [5.74, 6) is 0. The number of imidazole rings is 1. The normalized spacial score (nSPS) is 15.6. The molecule has 7 nitrogen and oxygen atoms in total. The van der Waals surface area contributed by atoms with Crippen LogP contribution in [0.15, 0.2) is 104 Å². The van der Waals surface area contributed by atoms with Gasteiger partial charge in [0.1, 0.15) is 11.8 Å². The maximum atomic E-state index is 11.0. The number of aliphatic hydroxyl groups is 1. The van der Waals surface area contributed by atoms with Crippen molar-refractivity contribution in [1.29, 1.82) is 0 Å². The molecule has 39 heavy (non-hydrogen) atoms. The van der Waals surface area contributed by atoms with Gasteiger partial charge in [0.2, 0.25) is 0 Å². The minimum atomic E-state index is -0.513. The molecular weight excluding hydrogens is 484 g/mol. The quantitative estimate of drug-likeness (QED) is 0.316. The van der Waals surface area contributed by atoms with E-state index in [0.717, 1.165) is 43.0 Å². The van der Waals surface area contributed by atoms with Gasteiger partial charge in [0.25, 0.3) is 0 Å². The third-order valence-electron chi connectivity index (χ3n) is 7.57. The fourth-order valence-electron chi connectivity index (χ4n) is 5.65. The summed E-state index contributed by atoms with van der Waals surface area (Å²) in [5.41, 5.74) is 6.30. The van der Waals surface area contributed by atoms with E-state index >= 15 is 0 Å². The number of hydrogen-bond acceptors (Lipinski definition) is 6. The maximum absolute atomic E-state index is 11.0. The molecule has 3 aromatic carbocycles. The van der Waals surface area contributed by atoms with E-state index in [1.165, 1.54) is 16.7 Å². The van der Waals surface area contributed by atoms with Crippen molar-refractivity contribution in [2.45, 2.75) is 25.1 Å². The summed E-state index contributed by atoms with van der Waals surface area (Å²) in [7, 11) is 0. The van der Waals surface area contributed by atoms with Gasteiger partial charge in [-0.2, -0.15) is 0 Å². The van der Waals surface area contributed by atoms with Crippen molar-refractivity contribution >= 4 is 11.2 Å². The zero-order valence-electron chi connectivity index (χ0n) is 22.0. The lowest BCUT2D eigenvalue weighted by Crippen LogP contribution is -2.50. The van der Waals surface area contributed by atoms with E-state index in [9.17, 15) is 5.11 Å². The Balaban J connectivity index is 1.08. The lowest BCUT2D eigenvalue weighted by molar-refractivity contribution is 0.0560. The molecule has 1 fully saturated rings. The van der Waals surface area contributed by atoms with Crippen molar-refractivity contribution in [3.8, 4) is 0 Å². The molecule has 1 saturated heterocycles. The number of β-amino-alcohol motifs (C(OH)–C–C–N with tert-alkyl or cyclic N) is 1. The molecule has 0 aliphatic carbocycles. The number of benzene rings is 3. The molecule has 198 valence electrons. The van der Waals surface area contributed by atoms with Crippen LogP contribution in [0.5, 0.6) is 0 Å². The molecule has 2 aromatic heterocycles. The highest BCUT2D eigenvalue weighted by atomic mass is 16.3. The molecule has 7 heteroatoms. The second-order valence-corrected chi connectivity index (χ2v) is 10.3. The average Bonchev–Trinajstić information content (AvgIpc) is 3.39. The maximum Gasteiger partial charge on any atom is 0.163 e. The third-order valence-corrected chi connectivity index (χ3v) is 7.57. The minimum absolute atomic E-state index is 0.238. The van der Waals surface area contributed by atoms with E-state index in [0.29, 0.717) is 19.5 Å². The van der Waals surface area contributed by atoms with E-state index < -0.39 is 6.10 Å². The average molecular weight is 519 g/mol. The number of aromatic nitrogens is 4.